The van der Waals surface area contributed by atoms with Crippen LogP contribution in [0.25, 0.3) is 0 Å². The molecule has 0 radical (unpaired) electrons. The summed E-state index contributed by atoms with van der Waals surface area (Å²) < 4.78 is 10.4. The fourth-order valence-corrected chi connectivity index (χ4v) is 2.02. The number of nitrogens with zero attached hydrogens (tertiary/aromatic N) is 3. The molecular formula is C15H28N4O2. The molecule has 21 heavy (non-hydrogen) atoms. The number of hydrogen-bond acceptors (Lipinski definition) is 6. The highest BCUT2D eigenvalue weighted by molar-refractivity contribution is 5.49. The first-order valence-electron chi connectivity index (χ1n) is 7.37. The van der Waals surface area contributed by atoms with Gasteiger partial charge in [-0.3, -0.25) is 0 Å². The maximum atomic E-state index is 5.20. The third kappa shape index (κ3) is 5.57. The third-order valence-electron chi connectivity index (χ3n) is 3.20. The number of nitrogens with one attached hydrogen (secondary N) is 1. The maximum Gasteiger partial charge on any atom is 0.131 e. The molecule has 1 aromatic heterocycles. The lowest BCUT2D eigenvalue weighted by Gasteiger charge is -2.26. The van der Waals surface area contributed by atoms with Crippen molar-refractivity contribution in [2.24, 2.45) is 0 Å². The molecule has 1 rings (SSSR count). The van der Waals surface area contributed by atoms with Gasteiger partial charge in [-0.05, 0) is 7.05 Å². The van der Waals surface area contributed by atoms with Crippen LogP contribution >= 0.6 is 0 Å². The second-order valence-corrected chi connectivity index (χ2v) is 5.22. The Hall–Kier alpha value is -1.24. The van der Waals surface area contributed by atoms with Crippen molar-refractivity contribution < 1.29 is 9.47 Å². The molecule has 0 bridgehead atoms. The molecule has 0 aromatic carbocycles. The predicted molar refractivity (Wildman–Crippen MR) is 84.8 cm³/mol. The summed E-state index contributed by atoms with van der Waals surface area (Å²) in [5.41, 5.74) is 2.06. The Morgan fingerprint density at radius 3 is 2.29 bits per heavy atom. The van der Waals surface area contributed by atoms with Crippen molar-refractivity contribution in [3.05, 3.63) is 17.7 Å². The van der Waals surface area contributed by atoms with E-state index in [0.29, 0.717) is 25.7 Å². The van der Waals surface area contributed by atoms with Crippen molar-refractivity contribution in [3.8, 4) is 0 Å². The molecule has 0 aliphatic rings. The van der Waals surface area contributed by atoms with Gasteiger partial charge in [0.2, 0.25) is 0 Å². The summed E-state index contributed by atoms with van der Waals surface area (Å²) in [6.45, 7) is 7.83. The summed E-state index contributed by atoms with van der Waals surface area (Å²) in [5, 5.41) is 3.18. The molecule has 0 unspecified atom stereocenters. The highest BCUT2D eigenvalue weighted by Crippen LogP contribution is 2.20. The molecule has 0 aliphatic heterocycles. The van der Waals surface area contributed by atoms with E-state index in [0.717, 1.165) is 30.3 Å². The summed E-state index contributed by atoms with van der Waals surface area (Å²) >= 11 is 0. The highest BCUT2D eigenvalue weighted by atomic mass is 16.5. The number of hydrogen-bond donors (Lipinski definition) is 1. The topological polar surface area (TPSA) is 59.5 Å². The van der Waals surface area contributed by atoms with Crippen molar-refractivity contribution in [1.82, 2.24) is 15.3 Å². The molecule has 0 saturated heterocycles. The van der Waals surface area contributed by atoms with Crippen LogP contribution in [-0.2, 0) is 16.0 Å². The zero-order valence-corrected chi connectivity index (χ0v) is 13.8. The van der Waals surface area contributed by atoms with E-state index in [2.05, 4.69) is 29.0 Å². The first-order valence-corrected chi connectivity index (χ1v) is 7.37. The normalized spacial score (nSPS) is 11.1. The minimum atomic E-state index is 0.320. The van der Waals surface area contributed by atoms with Crippen LogP contribution in [0.1, 0.15) is 31.3 Å². The Balaban J connectivity index is 3.02. The van der Waals surface area contributed by atoms with Crippen molar-refractivity contribution in [1.29, 1.82) is 0 Å². The van der Waals surface area contributed by atoms with Gasteiger partial charge in [0.1, 0.15) is 5.82 Å². The van der Waals surface area contributed by atoms with E-state index in [-0.39, 0.29) is 0 Å². The molecule has 1 N–H and O–H groups in total. The zero-order valence-electron chi connectivity index (χ0n) is 13.8. The van der Waals surface area contributed by atoms with E-state index in [1.807, 2.05) is 13.2 Å². The van der Waals surface area contributed by atoms with Gasteiger partial charge >= 0.3 is 0 Å². The Bertz CT molecular complexity index is 405. The summed E-state index contributed by atoms with van der Waals surface area (Å²) in [6.07, 6.45) is 1.92. The lowest BCUT2D eigenvalue weighted by atomic mass is 10.2. The summed E-state index contributed by atoms with van der Waals surface area (Å²) in [6, 6.07) is 0. The predicted octanol–water partition coefficient (Wildman–Crippen LogP) is 1.42. The van der Waals surface area contributed by atoms with Crippen LogP contribution in [0.2, 0.25) is 0 Å². The molecule has 6 nitrogen and oxygen atoms in total. The number of aromatic nitrogens is 2. The van der Waals surface area contributed by atoms with Crippen LogP contribution in [0.5, 0.6) is 0 Å². The fraction of sp³-hybridized carbons (Fsp3) is 0.733. The van der Waals surface area contributed by atoms with Crippen LogP contribution in [0.15, 0.2) is 6.20 Å². The monoisotopic (exact) mass is 296 g/mol. The number of ether oxygens (including phenoxy) is 2. The third-order valence-corrected chi connectivity index (χ3v) is 3.20. The molecule has 0 fully saturated rings. The lowest BCUT2D eigenvalue weighted by Crippen LogP contribution is -2.32. The second-order valence-electron chi connectivity index (χ2n) is 5.22. The quantitative estimate of drug-likeness (QED) is 0.704. The van der Waals surface area contributed by atoms with Gasteiger partial charge < -0.3 is 19.7 Å². The average Bonchev–Trinajstić information content (AvgIpc) is 2.48. The van der Waals surface area contributed by atoms with Crippen LogP contribution in [0.4, 0.5) is 5.69 Å². The molecular weight excluding hydrogens is 268 g/mol. The largest absolute Gasteiger partial charge is 0.383 e. The first-order chi connectivity index (χ1) is 10.1. The highest BCUT2D eigenvalue weighted by Gasteiger charge is 2.15. The zero-order chi connectivity index (χ0) is 15.7. The number of methoxy groups -OCH3 is 2. The number of rotatable bonds is 10. The molecule has 1 aromatic rings. The standard InChI is InChI=1S/C15H28N4O2/c1-12(2)15-17-11-14(13(18-15)10-16-3)19(6-8-20-4)7-9-21-5/h11-12,16H,6-10H2,1-5H3. The lowest BCUT2D eigenvalue weighted by molar-refractivity contribution is 0.190. The Morgan fingerprint density at radius 1 is 1.19 bits per heavy atom. The van der Waals surface area contributed by atoms with E-state index < -0.39 is 0 Å². The van der Waals surface area contributed by atoms with Gasteiger partial charge in [-0.1, -0.05) is 13.8 Å². The molecule has 0 saturated carbocycles. The molecule has 0 aliphatic carbocycles. The van der Waals surface area contributed by atoms with Gasteiger partial charge in [0.25, 0.3) is 0 Å². The number of anilines is 1. The minimum absolute atomic E-state index is 0.320. The van der Waals surface area contributed by atoms with Crippen molar-refractivity contribution in [2.45, 2.75) is 26.3 Å². The molecule has 0 spiro atoms. The molecule has 0 amide bonds. The van der Waals surface area contributed by atoms with Crippen LogP contribution in [0.3, 0.4) is 0 Å². The smallest absolute Gasteiger partial charge is 0.131 e. The fourth-order valence-electron chi connectivity index (χ4n) is 2.02. The van der Waals surface area contributed by atoms with Gasteiger partial charge in [0.05, 0.1) is 30.8 Å². The van der Waals surface area contributed by atoms with Crippen LogP contribution in [0, 0.1) is 0 Å². The minimum Gasteiger partial charge on any atom is -0.383 e. The average molecular weight is 296 g/mol. The van der Waals surface area contributed by atoms with Gasteiger partial charge in [-0.25, -0.2) is 9.97 Å². The van der Waals surface area contributed by atoms with Crippen molar-refractivity contribution >= 4 is 5.69 Å². The van der Waals surface area contributed by atoms with Crippen molar-refractivity contribution in [2.75, 3.05) is 52.5 Å². The van der Waals surface area contributed by atoms with Gasteiger partial charge in [0.15, 0.2) is 0 Å². The van der Waals surface area contributed by atoms with Crippen LogP contribution in [-0.4, -0.2) is 57.5 Å². The van der Waals surface area contributed by atoms with Gasteiger partial charge in [-0.15, -0.1) is 0 Å². The Morgan fingerprint density at radius 2 is 1.81 bits per heavy atom. The molecule has 120 valence electrons. The molecule has 1 heterocycles. The van der Waals surface area contributed by atoms with E-state index in [1.165, 1.54) is 0 Å². The SMILES string of the molecule is CNCc1nc(C(C)C)ncc1N(CCOC)CCOC. The van der Waals surface area contributed by atoms with E-state index in [1.54, 1.807) is 14.2 Å². The molecule has 6 heteroatoms. The molecule has 0 atom stereocenters. The first kappa shape index (κ1) is 17.8. The van der Waals surface area contributed by atoms with E-state index in [9.17, 15) is 0 Å². The van der Waals surface area contributed by atoms with Gasteiger partial charge in [-0.2, -0.15) is 0 Å². The Labute approximate surface area is 127 Å². The van der Waals surface area contributed by atoms with Gasteiger partial charge in [0, 0.05) is 39.8 Å². The maximum absolute atomic E-state index is 5.20. The van der Waals surface area contributed by atoms with E-state index in [4.69, 9.17) is 14.5 Å². The summed E-state index contributed by atoms with van der Waals surface area (Å²) in [7, 11) is 5.35. The summed E-state index contributed by atoms with van der Waals surface area (Å²) in [4.78, 5) is 11.4. The second kappa shape index (κ2) is 9.65. The van der Waals surface area contributed by atoms with Crippen molar-refractivity contribution in [3.63, 3.8) is 0 Å². The summed E-state index contributed by atoms with van der Waals surface area (Å²) in [5.74, 6) is 1.20. The van der Waals surface area contributed by atoms with Crippen LogP contribution < -0.4 is 10.2 Å². The Kier molecular flexibility index (Phi) is 8.19. The van der Waals surface area contributed by atoms with E-state index >= 15 is 0 Å².